The second-order valence-electron chi connectivity index (χ2n) is 4.10. The minimum Gasteiger partial charge on any atom is -0.489 e. The number of primary sulfonamides is 1. The predicted molar refractivity (Wildman–Crippen MR) is 76.4 cm³/mol. The van der Waals surface area contributed by atoms with E-state index in [2.05, 4.69) is 11.9 Å². The predicted octanol–water partition coefficient (Wildman–Crippen LogP) is 1.02. The first kappa shape index (κ1) is 15.7. The average Bonchev–Trinajstić information content (AvgIpc) is 2.36. The van der Waals surface area contributed by atoms with Gasteiger partial charge in [-0.1, -0.05) is 30.9 Å². The van der Waals surface area contributed by atoms with Gasteiger partial charge in [0.2, 0.25) is 10.0 Å². The van der Waals surface area contributed by atoms with Crippen LogP contribution >= 0.6 is 0 Å². The molecule has 0 spiro atoms. The van der Waals surface area contributed by atoms with Gasteiger partial charge in [-0.3, -0.25) is 0 Å². The largest absolute Gasteiger partial charge is 0.489 e. The number of nitrogens with one attached hydrogen (secondary N) is 1. The van der Waals surface area contributed by atoms with Crippen molar-refractivity contribution in [3.63, 3.8) is 0 Å². The Morgan fingerprint density at radius 1 is 1.37 bits per heavy atom. The number of sulfonamides is 1. The highest BCUT2D eigenvalue weighted by Gasteiger charge is 2.03. The molecule has 0 atom stereocenters. The van der Waals surface area contributed by atoms with Crippen LogP contribution in [0.4, 0.5) is 0 Å². The lowest BCUT2D eigenvalue weighted by atomic mass is 10.2. The maximum Gasteiger partial charge on any atom is 0.209 e. The van der Waals surface area contributed by atoms with Crippen molar-refractivity contribution in [2.45, 2.75) is 13.0 Å². The van der Waals surface area contributed by atoms with Crippen molar-refractivity contribution in [1.29, 1.82) is 0 Å². The summed E-state index contributed by atoms with van der Waals surface area (Å²) in [7, 11) is -3.37. The van der Waals surface area contributed by atoms with Crippen molar-refractivity contribution < 1.29 is 13.2 Å². The Bertz CT molecular complexity index is 500. The summed E-state index contributed by atoms with van der Waals surface area (Å²) in [5.74, 6) is 0.801. The molecule has 0 aliphatic rings. The third-order valence-corrected chi connectivity index (χ3v) is 3.28. The minimum absolute atomic E-state index is 0.00535. The molecule has 0 saturated carbocycles. The summed E-state index contributed by atoms with van der Waals surface area (Å²) >= 11 is 0. The highest BCUT2D eigenvalue weighted by Crippen LogP contribution is 2.17. The van der Waals surface area contributed by atoms with E-state index in [0.29, 0.717) is 26.1 Å². The number of hydrogen-bond acceptors (Lipinski definition) is 4. The van der Waals surface area contributed by atoms with E-state index in [1.54, 1.807) is 6.08 Å². The molecular formula is C13H20N2O3S. The number of hydrogen-bond donors (Lipinski definition) is 2. The Morgan fingerprint density at radius 3 is 2.79 bits per heavy atom. The highest BCUT2D eigenvalue weighted by molar-refractivity contribution is 7.89. The number of ether oxygens (including phenoxy) is 1. The second-order valence-corrected chi connectivity index (χ2v) is 5.84. The van der Waals surface area contributed by atoms with Gasteiger partial charge in [0.1, 0.15) is 12.4 Å². The standard InChI is InChI=1S/C13H20N2O3S/c1-2-9-18-13-7-4-3-6-12(13)11-15-8-5-10-19(14,16)17/h2-4,6-7,15H,1,5,8-11H2,(H2,14,16,17). The molecule has 5 nitrogen and oxygen atoms in total. The third kappa shape index (κ3) is 6.95. The summed E-state index contributed by atoms with van der Waals surface area (Å²) in [5.41, 5.74) is 1.03. The van der Waals surface area contributed by atoms with Crippen LogP contribution in [0.5, 0.6) is 5.75 Å². The van der Waals surface area contributed by atoms with Crippen LogP contribution in [0.3, 0.4) is 0 Å². The summed E-state index contributed by atoms with van der Waals surface area (Å²) in [6.45, 7) is 5.28. The summed E-state index contributed by atoms with van der Waals surface area (Å²) in [6, 6.07) is 7.70. The van der Waals surface area contributed by atoms with E-state index < -0.39 is 10.0 Å². The van der Waals surface area contributed by atoms with Gasteiger partial charge in [0, 0.05) is 12.1 Å². The van der Waals surface area contributed by atoms with E-state index in [0.717, 1.165) is 11.3 Å². The fourth-order valence-electron chi connectivity index (χ4n) is 1.56. The normalized spacial score (nSPS) is 11.2. The van der Waals surface area contributed by atoms with Crippen molar-refractivity contribution >= 4 is 10.0 Å². The molecule has 0 bridgehead atoms. The van der Waals surface area contributed by atoms with Gasteiger partial charge < -0.3 is 10.1 Å². The molecule has 0 saturated heterocycles. The number of nitrogens with two attached hydrogens (primary N) is 1. The first-order chi connectivity index (χ1) is 9.03. The maximum atomic E-state index is 10.8. The lowest BCUT2D eigenvalue weighted by Crippen LogP contribution is -2.22. The number of para-hydroxylation sites is 1. The summed E-state index contributed by atoms with van der Waals surface area (Å²) in [6.07, 6.45) is 2.19. The van der Waals surface area contributed by atoms with Crippen LogP contribution in [0.25, 0.3) is 0 Å². The molecule has 19 heavy (non-hydrogen) atoms. The monoisotopic (exact) mass is 284 g/mol. The molecule has 1 rings (SSSR count). The fourth-order valence-corrected chi connectivity index (χ4v) is 2.11. The molecule has 6 heteroatoms. The van der Waals surface area contributed by atoms with Crippen LogP contribution in [-0.2, 0) is 16.6 Å². The Hall–Kier alpha value is -1.37. The Morgan fingerprint density at radius 2 is 2.11 bits per heavy atom. The minimum atomic E-state index is -3.37. The molecule has 0 heterocycles. The first-order valence-corrected chi connectivity index (χ1v) is 7.77. The van der Waals surface area contributed by atoms with Crippen LogP contribution in [0.15, 0.2) is 36.9 Å². The quantitative estimate of drug-likeness (QED) is 0.524. The van der Waals surface area contributed by atoms with E-state index in [-0.39, 0.29) is 5.75 Å². The van der Waals surface area contributed by atoms with Gasteiger partial charge in [-0.15, -0.1) is 0 Å². The number of rotatable bonds is 9. The SMILES string of the molecule is C=CCOc1ccccc1CNCCCS(N)(=O)=O. The van der Waals surface area contributed by atoms with Crippen molar-refractivity contribution in [1.82, 2.24) is 5.32 Å². The van der Waals surface area contributed by atoms with Gasteiger partial charge in [0.25, 0.3) is 0 Å². The first-order valence-electron chi connectivity index (χ1n) is 6.06. The maximum absolute atomic E-state index is 10.8. The molecule has 0 fully saturated rings. The highest BCUT2D eigenvalue weighted by atomic mass is 32.2. The van der Waals surface area contributed by atoms with E-state index in [4.69, 9.17) is 9.88 Å². The van der Waals surface area contributed by atoms with E-state index >= 15 is 0 Å². The van der Waals surface area contributed by atoms with Crippen LogP contribution < -0.4 is 15.2 Å². The molecular weight excluding hydrogens is 264 g/mol. The van der Waals surface area contributed by atoms with Gasteiger partial charge in [0.15, 0.2) is 0 Å². The van der Waals surface area contributed by atoms with Crippen molar-refractivity contribution in [2.75, 3.05) is 18.9 Å². The zero-order valence-corrected chi connectivity index (χ0v) is 11.7. The lowest BCUT2D eigenvalue weighted by molar-refractivity contribution is 0.358. The van der Waals surface area contributed by atoms with Gasteiger partial charge in [-0.05, 0) is 19.0 Å². The molecule has 3 N–H and O–H groups in total. The van der Waals surface area contributed by atoms with Crippen LogP contribution in [0.2, 0.25) is 0 Å². The van der Waals surface area contributed by atoms with Gasteiger partial charge in [-0.2, -0.15) is 0 Å². The smallest absolute Gasteiger partial charge is 0.209 e. The second kappa shape index (κ2) is 7.93. The number of benzene rings is 1. The van der Waals surface area contributed by atoms with E-state index in [1.807, 2.05) is 24.3 Å². The molecule has 0 amide bonds. The summed E-state index contributed by atoms with van der Waals surface area (Å²) in [4.78, 5) is 0. The Kier molecular flexibility index (Phi) is 6.55. The van der Waals surface area contributed by atoms with Crippen LogP contribution in [0, 0.1) is 0 Å². The average molecular weight is 284 g/mol. The lowest BCUT2D eigenvalue weighted by Gasteiger charge is -2.10. The van der Waals surface area contributed by atoms with Crippen LogP contribution in [0.1, 0.15) is 12.0 Å². The molecule has 106 valence electrons. The molecule has 0 unspecified atom stereocenters. The topological polar surface area (TPSA) is 81.4 Å². The van der Waals surface area contributed by atoms with Crippen LogP contribution in [-0.4, -0.2) is 27.3 Å². The summed E-state index contributed by atoms with van der Waals surface area (Å²) < 4.78 is 27.0. The fraction of sp³-hybridized carbons (Fsp3) is 0.385. The third-order valence-electron chi connectivity index (χ3n) is 2.43. The van der Waals surface area contributed by atoms with Crippen molar-refractivity contribution in [3.05, 3.63) is 42.5 Å². The molecule has 0 aliphatic heterocycles. The zero-order chi connectivity index (χ0) is 14.1. The van der Waals surface area contributed by atoms with Gasteiger partial charge >= 0.3 is 0 Å². The van der Waals surface area contributed by atoms with Crippen molar-refractivity contribution in [2.24, 2.45) is 5.14 Å². The van der Waals surface area contributed by atoms with E-state index in [9.17, 15) is 8.42 Å². The zero-order valence-electron chi connectivity index (χ0n) is 10.8. The molecule has 0 aromatic heterocycles. The van der Waals surface area contributed by atoms with Crippen molar-refractivity contribution in [3.8, 4) is 5.75 Å². The molecule has 1 aromatic rings. The Labute approximate surface area is 114 Å². The van der Waals surface area contributed by atoms with Gasteiger partial charge in [0.05, 0.1) is 5.75 Å². The Balaban J connectivity index is 2.38. The van der Waals surface area contributed by atoms with Gasteiger partial charge in [-0.25, -0.2) is 13.6 Å². The molecule has 0 radical (unpaired) electrons. The molecule has 1 aromatic carbocycles. The summed E-state index contributed by atoms with van der Waals surface area (Å²) in [5, 5.41) is 8.09. The van der Waals surface area contributed by atoms with E-state index in [1.165, 1.54) is 0 Å². The molecule has 0 aliphatic carbocycles.